The van der Waals surface area contributed by atoms with Crippen LogP contribution in [0.3, 0.4) is 0 Å². The van der Waals surface area contributed by atoms with Gasteiger partial charge in [-0.1, -0.05) is 39.0 Å². The van der Waals surface area contributed by atoms with Crippen molar-refractivity contribution in [2.24, 2.45) is 0 Å². The fourth-order valence-electron chi connectivity index (χ4n) is 2.85. The number of hydrogen-bond donors (Lipinski definition) is 1. The van der Waals surface area contributed by atoms with Crippen molar-refractivity contribution in [3.8, 4) is 0 Å². The zero-order valence-electron chi connectivity index (χ0n) is 16.4. The third-order valence-electron chi connectivity index (χ3n) is 4.45. The van der Waals surface area contributed by atoms with Gasteiger partial charge in [-0.2, -0.15) is 0 Å². The summed E-state index contributed by atoms with van der Waals surface area (Å²) in [7, 11) is 0. The Hall–Kier alpha value is -1.55. The van der Waals surface area contributed by atoms with E-state index in [9.17, 15) is 4.79 Å². The van der Waals surface area contributed by atoms with Crippen molar-refractivity contribution in [2.45, 2.75) is 59.3 Å². The maximum atomic E-state index is 12.0. The molecule has 1 N–H and O–H groups in total. The minimum atomic E-state index is -0.243. The van der Waals surface area contributed by atoms with Crippen LogP contribution in [0.1, 0.15) is 69.7 Å². The second-order valence-corrected chi connectivity index (χ2v) is 6.37. The Bertz CT molecular complexity index is 455. The Kier molecular flexibility index (Phi) is 11.8. The maximum absolute atomic E-state index is 12.0. The standard InChI is InChI=1S/C21H36N2O2/c1-4-7-8-9-10-11-16-22-17-18-25-21(24)19-12-14-20(15-13-19)23(5-2)6-3/h12-15,22H,4-11,16-18H2,1-3H3. The number of unbranched alkanes of at least 4 members (excludes halogenated alkanes) is 5. The van der Waals surface area contributed by atoms with Crippen LogP contribution in [-0.2, 0) is 4.74 Å². The Morgan fingerprint density at radius 3 is 2.20 bits per heavy atom. The van der Waals surface area contributed by atoms with Crippen molar-refractivity contribution >= 4 is 11.7 Å². The lowest BCUT2D eigenvalue weighted by Crippen LogP contribution is -2.23. The zero-order chi connectivity index (χ0) is 18.3. The highest BCUT2D eigenvalue weighted by Crippen LogP contribution is 2.15. The first-order valence-electron chi connectivity index (χ1n) is 9.95. The Morgan fingerprint density at radius 2 is 1.56 bits per heavy atom. The molecule has 0 spiro atoms. The molecule has 0 radical (unpaired) electrons. The Balaban J connectivity index is 2.14. The molecule has 142 valence electrons. The fraction of sp³-hybridized carbons (Fsp3) is 0.667. The van der Waals surface area contributed by atoms with Crippen LogP contribution < -0.4 is 10.2 Å². The molecule has 0 saturated heterocycles. The van der Waals surface area contributed by atoms with Gasteiger partial charge in [-0.3, -0.25) is 0 Å². The van der Waals surface area contributed by atoms with E-state index >= 15 is 0 Å². The largest absolute Gasteiger partial charge is 0.461 e. The smallest absolute Gasteiger partial charge is 0.338 e. The van der Waals surface area contributed by atoms with E-state index in [-0.39, 0.29) is 5.97 Å². The fourth-order valence-corrected chi connectivity index (χ4v) is 2.85. The number of benzene rings is 1. The van der Waals surface area contributed by atoms with E-state index < -0.39 is 0 Å². The molecule has 4 heteroatoms. The summed E-state index contributed by atoms with van der Waals surface area (Å²) in [5.74, 6) is -0.243. The number of carbonyl (C=O) groups is 1. The minimum Gasteiger partial charge on any atom is -0.461 e. The Labute approximate surface area is 153 Å². The van der Waals surface area contributed by atoms with E-state index in [1.54, 1.807) is 0 Å². The van der Waals surface area contributed by atoms with E-state index in [0.717, 1.165) is 31.9 Å². The number of nitrogens with one attached hydrogen (secondary N) is 1. The molecule has 0 bridgehead atoms. The maximum Gasteiger partial charge on any atom is 0.338 e. The lowest BCUT2D eigenvalue weighted by Gasteiger charge is -2.20. The molecule has 25 heavy (non-hydrogen) atoms. The first-order chi connectivity index (χ1) is 12.2. The van der Waals surface area contributed by atoms with Crippen LogP contribution in [0.5, 0.6) is 0 Å². The normalized spacial score (nSPS) is 10.7. The predicted molar refractivity (Wildman–Crippen MR) is 107 cm³/mol. The number of anilines is 1. The highest BCUT2D eigenvalue weighted by atomic mass is 16.5. The van der Waals surface area contributed by atoms with Crippen molar-refractivity contribution in [3.05, 3.63) is 29.8 Å². The molecule has 1 rings (SSSR count). The summed E-state index contributed by atoms with van der Waals surface area (Å²) in [6.07, 6.45) is 7.80. The van der Waals surface area contributed by atoms with Gasteiger partial charge in [-0.25, -0.2) is 4.79 Å². The van der Waals surface area contributed by atoms with Gasteiger partial charge in [0.1, 0.15) is 6.61 Å². The highest BCUT2D eigenvalue weighted by molar-refractivity contribution is 5.89. The molecule has 0 amide bonds. The molecular formula is C21H36N2O2. The van der Waals surface area contributed by atoms with Gasteiger partial charge in [0.05, 0.1) is 5.56 Å². The Morgan fingerprint density at radius 1 is 0.920 bits per heavy atom. The average molecular weight is 349 g/mol. The molecule has 4 nitrogen and oxygen atoms in total. The number of carbonyl (C=O) groups excluding carboxylic acids is 1. The SMILES string of the molecule is CCCCCCCCNCCOC(=O)c1ccc(N(CC)CC)cc1. The van der Waals surface area contributed by atoms with Crippen molar-refractivity contribution in [2.75, 3.05) is 37.7 Å². The van der Waals surface area contributed by atoms with E-state index in [4.69, 9.17) is 4.74 Å². The summed E-state index contributed by atoms with van der Waals surface area (Å²) in [6.45, 7) is 10.6. The molecule has 1 aromatic carbocycles. The predicted octanol–water partition coefficient (Wildman–Crippen LogP) is 4.64. The van der Waals surface area contributed by atoms with E-state index in [2.05, 4.69) is 31.0 Å². The van der Waals surface area contributed by atoms with Gasteiger partial charge < -0.3 is 15.0 Å². The van der Waals surface area contributed by atoms with Crippen molar-refractivity contribution < 1.29 is 9.53 Å². The number of nitrogens with zero attached hydrogens (tertiary/aromatic N) is 1. The lowest BCUT2D eigenvalue weighted by atomic mass is 10.1. The van der Waals surface area contributed by atoms with Crippen LogP contribution in [0, 0.1) is 0 Å². The van der Waals surface area contributed by atoms with E-state index in [1.807, 2.05) is 24.3 Å². The lowest BCUT2D eigenvalue weighted by molar-refractivity contribution is 0.0508. The molecule has 0 fully saturated rings. The third-order valence-corrected chi connectivity index (χ3v) is 4.45. The second-order valence-electron chi connectivity index (χ2n) is 6.37. The minimum absolute atomic E-state index is 0.243. The van der Waals surface area contributed by atoms with Crippen LogP contribution in [0.15, 0.2) is 24.3 Å². The van der Waals surface area contributed by atoms with Gasteiger partial charge in [0.15, 0.2) is 0 Å². The van der Waals surface area contributed by atoms with Gasteiger partial charge in [-0.15, -0.1) is 0 Å². The van der Waals surface area contributed by atoms with Crippen LogP contribution >= 0.6 is 0 Å². The van der Waals surface area contributed by atoms with Gasteiger partial charge >= 0.3 is 5.97 Å². The topological polar surface area (TPSA) is 41.6 Å². The molecule has 0 saturated carbocycles. The summed E-state index contributed by atoms with van der Waals surface area (Å²) in [5, 5.41) is 3.34. The third kappa shape index (κ3) is 8.92. The van der Waals surface area contributed by atoms with Gasteiger partial charge in [0.25, 0.3) is 0 Å². The van der Waals surface area contributed by atoms with E-state index in [1.165, 1.54) is 38.5 Å². The van der Waals surface area contributed by atoms with Crippen LogP contribution in [0.4, 0.5) is 5.69 Å². The summed E-state index contributed by atoms with van der Waals surface area (Å²) in [5.41, 5.74) is 1.76. The molecule has 0 unspecified atom stereocenters. The second kappa shape index (κ2) is 13.7. The first kappa shape index (κ1) is 21.5. The molecule has 0 aliphatic rings. The van der Waals surface area contributed by atoms with Crippen LogP contribution in [-0.4, -0.2) is 38.8 Å². The number of ether oxygens (including phenoxy) is 1. The van der Waals surface area contributed by atoms with Crippen molar-refractivity contribution in [1.82, 2.24) is 5.32 Å². The zero-order valence-corrected chi connectivity index (χ0v) is 16.4. The van der Waals surface area contributed by atoms with Crippen molar-refractivity contribution in [1.29, 1.82) is 0 Å². The summed E-state index contributed by atoms with van der Waals surface area (Å²) >= 11 is 0. The molecule has 0 atom stereocenters. The number of rotatable bonds is 14. The molecule has 0 aliphatic carbocycles. The molecule has 1 aromatic rings. The average Bonchev–Trinajstić information content (AvgIpc) is 2.64. The van der Waals surface area contributed by atoms with Crippen LogP contribution in [0.2, 0.25) is 0 Å². The molecule has 0 aliphatic heterocycles. The summed E-state index contributed by atoms with van der Waals surface area (Å²) in [6, 6.07) is 7.67. The van der Waals surface area contributed by atoms with Crippen molar-refractivity contribution in [3.63, 3.8) is 0 Å². The van der Waals surface area contributed by atoms with Gasteiger partial charge in [-0.05, 0) is 51.1 Å². The highest BCUT2D eigenvalue weighted by Gasteiger charge is 2.08. The van der Waals surface area contributed by atoms with Crippen LogP contribution in [0.25, 0.3) is 0 Å². The summed E-state index contributed by atoms with van der Waals surface area (Å²) in [4.78, 5) is 14.3. The summed E-state index contributed by atoms with van der Waals surface area (Å²) < 4.78 is 5.33. The molecule has 0 aromatic heterocycles. The molecular weight excluding hydrogens is 312 g/mol. The molecule has 0 heterocycles. The van der Waals surface area contributed by atoms with E-state index in [0.29, 0.717) is 12.2 Å². The van der Waals surface area contributed by atoms with Gasteiger partial charge in [0.2, 0.25) is 0 Å². The first-order valence-corrected chi connectivity index (χ1v) is 9.95. The monoisotopic (exact) mass is 348 g/mol. The van der Waals surface area contributed by atoms with Gasteiger partial charge in [0, 0.05) is 25.3 Å². The quantitative estimate of drug-likeness (QED) is 0.393. The number of hydrogen-bond acceptors (Lipinski definition) is 4. The number of esters is 1.